The van der Waals surface area contributed by atoms with Crippen molar-refractivity contribution in [2.24, 2.45) is 4.99 Å². The van der Waals surface area contributed by atoms with E-state index < -0.39 is 0 Å². The molecule has 0 aromatic heterocycles. The molecule has 2 aromatic rings. The van der Waals surface area contributed by atoms with Crippen LogP contribution < -0.4 is 16.0 Å². The topological polar surface area (TPSA) is 48.5 Å². The van der Waals surface area contributed by atoms with Crippen molar-refractivity contribution >= 4 is 17.2 Å². The number of anilines is 1. The summed E-state index contributed by atoms with van der Waals surface area (Å²) in [4.78, 5) is 5.03. The monoisotopic (exact) mass is 348 g/mol. The predicted molar refractivity (Wildman–Crippen MR) is 109 cm³/mol. The van der Waals surface area contributed by atoms with Crippen LogP contribution in [-0.2, 0) is 6.54 Å². The van der Waals surface area contributed by atoms with Crippen molar-refractivity contribution in [2.75, 3.05) is 18.4 Å². The van der Waals surface area contributed by atoms with Crippen LogP contribution in [0.1, 0.15) is 43.7 Å². The van der Waals surface area contributed by atoms with E-state index in [0.717, 1.165) is 49.7 Å². The molecule has 1 saturated heterocycles. The van der Waals surface area contributed by atoms with Crippen molar-refractivity contribution in [3.05, 3.63) is 59.7 Å². The number of piperidine rings is 1. The number of nitrogens with one attached hydrogen (secondary N) is 3. The van der Waals surface area contributed by atoms with Crippen LogP contribution in [0.4, 0.5) is 11.4 Å². The smallest absolute Gasteiger partial charge is 0.128 e. The Labute approximate surface area is 156 Å². The van der Waals surface area contributed by atoms with Gasteiger partial charge in [0.1, 0.15) is 5.84 Å². The van der Waals surface area contributed by atoms with E-state index in [9.17, 15) is 0 Å². The zero-order chi connectivity index (χ0) is 18.0. The fraction of sp³-hybridized carbons (Fsp3) is 0.409. The summed E-state index contributed by atoms with van der Waals surface area (Å²) in [5, 5.41) is 11.0. The van der Waals surface area contributed by atoms with Crippen molar-refractivity contribution in [1.29, 1.82) is 0 Å². The second kappa shape index (κ2) is 7.12. The maximum Gasteiger partial charge on any atom is 0.128 e. The molecule has 2 heterocycles. The van der Waals surface area contributed by atoms with E-state index in [1.165, 1.54) is 11.1 Å². The van der Waals surface area contributed by atoms with Gasteiger partial charge < -0.3 is 16.0 Å². The second-order valence-electron chi connectivity index (χ2n) is 7.64. The van der Waals surface area contributed by atoms with Crippen LogP contribution in [0.5, 0.6) is 0 Å². The number of hydrogen-bond donors (Lipinski definition) is 3. The zero-order valence-corrected chi connectivity index (χ0v) is 15.7. The first-order valence-electron chi connectivity index (χ1n) is 9.67. The Balaban J connectivity index is 1.63. The minimum atomic E-state index is -0.0909. The third-order valence-electron chi connectivity index (χ3n) is 5.54. The van der Waals surface area contributed by atoms with Gasteiger partial charge >= 0.3 is 0 Å². The molecule has 1 spiro atoms. The lowest BCUT2D eigenvalue weighted by Crippen LogP contribution is -2.58. The van der Waals surface area contributed by atoms with E-state index in [0.29, 0.717) is 5.92 Å². The fourth-order valence-corrected chi connectivity index (χ4v) is 4.08. The Kier molecular flexibility index (Phi) is 4.68. The van der Waals surface area contributed by atoms with E-state index in [-0.39, 0.29) is 5.54 Å². The molecule has 0 saturated carbocycles. The van der Waals surface area contributed by atoms with Gasteiger partial charge in [0.05, 0.1) is 16.9 Å². The van der Waals surface area contributed by atoms with Crippen molar-refractivity contribution < 1.29 is 0 Å². The SMILES string of the molecule is CC(C)c1ccccc1CNC1=Nc2ccccc2NC12CCNCC2. The van der Waals surface area contributed by atoms with Crippen LogP contribution in [-0.4, -0.2) is 24.5 Å². The maximum atomic E-state index is 5.03. The van der Waals surface area contributed by atoms with Crippen molar-refractivity contribution in [3.63, 3.8) is 0 Å². The van der Waals surface area contributed by atoms with Gasteiger partial charge in [-0.1, -0.05) is 50.2 Å². The molecule has 2 aliphatic rings. The Morgan fingerprint density at radius 2 is 1.77 bits per heavy atom. The zero-order valence-electron chi connectivity index (χ0n) is 15.7. The minimum Gasteiger partial charge on any atom is -0.371 e. The van der Waals surface area contributed by atoms with Gasteiger partial charge in [0.25, 0.3) is 0 Å². The van der Waals surface area contributed by atoms with Crippen LogP contribution >= 0.6 is 0 Å². The highest BCUT2D eigenvalue weighted by molar-refractivity contribution is 6.00. The molecule has 0 aliphatic carbocycles. The van der Waals surface area contributed by atoms with Gasteiger partial charge in [-0.15, -0.1) is 0 Å². The second-order valence-corrected chi connectivity index (χ2v) is 7.64. The number of rotatable bonds is 3. The Bertz CT molecular complexity index is 803. The first-order chi connectivity index (χ1) is 12.7. The molecule has 0 amide bonds. The average molecular weight is 348 g/mol. The van der Waals surface area contributed by atoms with Gasteiger partial charge in [-0.3, -0.25) is 0 Å². The lowest BCUT2D eigenvalue weighted by molar-refractivity contribution is 0.412. The molecule has 4 heteroatoms. The number of nitrogens with zero attached hydrogens (tertiary/aromatic N) is 1. The summed E-state index contributed by atoms with van der Waals surface area (Å²) in [6, 6.07) is 17.1. The molecule has 136 valence electrons. The summed E-state index contributed by atoms with van der Waals surface area (Å²) < 4.78 is 0. The molecular weight excluding hydrogens is 320 g/mol. The summed E-state index contributed by atoms with van der Waals surface area (Å²) >= 11 is 0. The highest BCUT2D eigenvalue weighted by Crippen LogP contribution is 2.36. The van der Waals surface area contributed by atoms with Crippen LogP contribution in [0.15, 0.2) is 53.5 Å². The van der Waals surface area contributed by atoms with Crippen LogP contribution in [0.25, 0.3) is 0 Å². The number of hydrogen-bond acceptors (Lipinski definition) is 4. The molecule has 0 bridgehead atoms. The number of amidine groups is 1. The van der Waals surface area contributed by atoms with Crippen LogP contribution in [0, 0.1) is 0 Å². The first-order valence-corrected chi connectivity index (χ1v) is 9.67. The maximum absolute atomic E-state index is 5.03. The average Bonchev–Trinajstić information content (AvgIpc) is 2.67. The third-order valence-corrected chi connectivity index (χ3v) is 5.54. The summed E-state index contributed by atoms with van der Waals surface area (Å²) in [5.74, 6) is 1.60. The summed E-state index contributed by atoms with van der Waals surface area (Å²) in [6.07, 6.45) is 2.08. The van der Waals surface area contributed by atoms with E-state index in [1.807, 2.05) is 0 Å². The molecule has 4 nitrogen and oxygen atoms in total. The molecule has 1 fully saturated rings. The summed E-state index contributed by atoms with van der Waals surface area (Å²) in [5.41, 5.74) is 4.84. The quantitative estimate of drug-likeness (QED) is 0.780. The van der Waals surface area contributed by atoms with E-state index >= 15 is 0 Å². The van der Waals surface area contributed by atoms with Gasteiger partial charge in [0, 0.05) is 6.54 Å². The largest absolute Gasteiger partial charge is 0.371 e. The van der Waals surface area contributed by atoms with Gasteiger partial charge in [-0.25, -0.2) is 4.99 Å². The number of aliphatic imine (C=N–C) groups is 1. The molecule has 0 unspecified atom stereocenters. The van der Waals surface area contributed by atoms with Gasteiger partial charge in [0.15, 0.2) is 0 Å². The summed E-state index contributed by atoms with van der Waals surface area (Å²) in [7, 11) is 0. The lowest BCUT2D eigenvalue weighted by atomic mass is 9.85. The minimum absolute atomic E-state index is 0.0909. The molecule has 0 radical (unpaired) electrons. The van der Waals surface area contributed by atoms with E-state index in [2.05, 4.69) is 78.3 Å². The van der Waals surface area contributed by atoms with Crippen molar-refractivity contribution in [3.8, 4) is 0 Å². The molecule has 26 heavy (non-hydrogen) atoms. The van der Waals surface area contributed by atoms with E-state index in [4.69, 9.17) is 4.99 Å². The normalized spacial score (nSPS) is 18.2. The highest BCUT2D eigenvalue weighted by atomic mass is 15.2. The molecule has 2 aromatic carbocycles. The summed E-state index contributed by atoms with van der Waals surface area (Å²) in [6.45, 7) is 7.34. The lowest BCUT2D eigenvalue weighted by Gasteiger charge is -2.43. The van der Waals surface area contributed by atoms with Gasteiger partial charge in [-0.05, 0) is 55.1 Å². The van der Waals surface area contributed by atoms with Crippen LogP contribution in [0.3, 0.4) is 0 Å². The molecular formula is C22H28N4. The standard InChI is InChI=1S/C22H28N4/c1-16(2)18-8-4-3-7-17(18)15-24-21-22(11-13-23-14-12-22)26-20-10-6-5-9-19(20)25-21/h3-10,16,23,26H,11-15H2,1-2H3,(H,24,25). The molecule has 2 aliphatic heterocycles. The van der Waals surface area contributed by atoms with Gasteiger partial charge in [-0.2, -0.15) is 0 Å². The Hall–Kier alpha value is -2.33. The van der Waals surface area contributed by atoms with Gasteiger partial charge in [0.2, 0.25) is 0 Å². The molecule has 0 atom stereocenters. The Morgan fingerprint density at radius 3 is 2.58 bits per heavy atom. The van der Waals surface area contributed by atoms with E-state index in [1.54, 1.807) is 0 Å². The molecule has 4 rings (SSSR count). The first kappa shape index (κ1) is 17.1. The van der Waals surface area contributed by atoms with Crippen molar-refractivity contribution in [2.45, 2.75) is 44.7 Å². The number of para-hydroxylation sites is 2. The highest BCUT2D eigenvalue weighted by Gasteiger charge is 2.40. The van der Waals surface area contributed by atoms with Crippen molar-refractivity contribution in [1.82, 2.24) is 10.6 Å². The molecule has 3 N–H and O–H groups in total. The Morgan fingerprint density at radius 1 is 1.04 bits per heavy atom. The third kappa shape index (κ3) is 3.21. The number of fused-ring (bicyclic) bond motifs is 1. The fourth-order valence-electron chi connectivity index (χ4n) is 4.08. The van der Waals surface area contributed by atoms with Crippen LogP contribution in [0.2, 0.25) is 0 Å². The predicted octanol–water partition coefficient (Wildman–Crippen LogP) is 4.18. The number of benzene rings is 2.